The lowest BCUT2D eigenvalue weighted by atomic mass is 10.1. The third-order valence-electron chi connectivity index (χ3n) is 4.54. The van der Waals surface area contributed by atoms with E-state index >= 15 is 0 Å². The molecule has 1 atom stereocenters. The Bertz CT molecular complexity index is 1020. The van der Waals surface area contributed by atoms with Gasteiger partial charge in [-0.3, -0.25) is 4.98 Å². The molecular weight excluding hydrogens is 360 g/mol. The Hall–Kier alpha value is -2.51. The molecule has 0 fully saturated rings. The lowest BCUT2D eigenvalue weighted by molar-refractivity contribution is 0.445. The van der Waals surface area contributed by atoms with Gasteiger partial charge in [-0.15, -0.1) is 0 Å². The topological polar surface area (TPSA) is 75.2 Å². The van der Waals surface area contributed by atoms with Gasteiger partial charge in [0.2, 0.25) is 10.0 Å². The number of hydrogen-bond acceptors (Lipinski definition) is 5. The second-order valence-electron chi connectivity index (χ2n) is 6.27. The van der Waals surface area contributed by atoms with Gasteiger partial charge in [0, 0.05) is 19.1 Å². The van der Waals surface area contributed by atoms with Gasteiger partial charge in [0.1, 0.15) is 5.82 Å². The van der Waals surface area contributed by atoms with E-state index in [9.17, 15) is 8.42 Å². The summed E-state index contributed by atoms with van der Waals surface area (Å²) in [5, 5.41) is 3.32. The van der Waals surface area contributed by atoms with Crippen LogP contribution >= 0.6 is 0 Å². The highest BCUT2D eigenvalue weighted by Gasteiger charge is 2.21. The van der Waals surface area contributed by atoms with Crippen LogP contribution in [0.1, 0.15) is 32.4 Å². The van der Waals surface area contributed by atoms with E-state index in [4.69, 9.17) is 0 Å². The molecule has 6 nitrogen and oxygen atoms in total. The molecule has 27 heavy (non-hydrogen) atoms. The van der Waals surface area contributed by atoms with E-state index in [0.29, 0.717) is 23.8 Å². The highest BCUT2D eigenvalue weighted by atomic mass is 32.2. The van der Waals surface area contributed by atoms with Crippen molar-refractivity contribution in [2.75, 3.05) is 18.4 Å². The van der Waals surface area contributed by atoms with E-state index in [-0.39, 0.29) is 6.04 Å². The first-order chi connectivity index (χ1) is 13.0. The number of sulfonamides is 1. The SMILES string of the molecule is CCN(CC)S(=O)(=O)c1ccc(C(C)Nc2cnc3ccccc3n2)cc1. The van der Waals surface area contributed by atoms with Crippen molar-refractivity contribution < 1.29 is 8.42 Å². The van der Waals surface area contributed by atoms with Crippen LogP contribution < -0.4 is 5.32 Å². The Kier molecular flexibility index (Phi) is 5.72. The number of rotatable bonds is 7. The van der Waals surface area contributed by atoms with Crippen molar-refractivity contribution in [3.63, 3.8) is 0 Å². The second kappa shape index (κ2) is 8.02. The van der Waals surface area contributed by atoms with Crippen molar-refractivity contribution >= 4 is 26.9 Å². The lowest BCUT2D eigenvalue weighted by Gasteiger charge is -2.19. The zero-order valence-electron chi connectivity index (χ0n) is 15.8. The first-order valence-electron chi connectivity index (χ1n) is 9.04. The molecule has 0 spiro atoms. The Balaban J connectivity index is 1.78. The third-order valence-corrected chi connectivity index (χ3v) is 6.60. The zero-order chi connectivity index (χ0) is 19.4. The van der Waals surface area contributed by atoms with Crippen molar-refractivity contribution in [1.29, 1.82) is 0 Å². The number of nitrogens with zero attached hydrogens (tertiary/aromatic N) is 3. The van der Waals surface area contributed by atoms with Crippen molar-refractivity contribution in [2.45, 2.75) is 31.7 Å². The van der Waals surface area contributed by atoms with Gasteiger partial charge in [-0.25, -0.2) is 13.4 Å². The number of hydrogen-bond donors (Lipinski definition) is 1. The van der Waals surface area contributed by atoms with Crippen LogP contribution in [0.2, 0.25) is 0 Å². The van der Waals surface area contributed by atoms with E-state index in [1.807, 2.05) is 57.2 Å². The molecule has 2 aromatic carbocycles. The lowest BCUT2D eigenvalue weighted by Crippen LogP contribution is -2.30. The summed E-state index contributed by atoms with van der Waals surface area (Å²) < 4.78 is 26.6. The fraction of sp³-hybridized carbons (Fsp3) is 0.300. The second-order valence-corrected chi connectivity index (χ2v) is 8.21. The standard InChI is InChI=1S/C20H24N4O2S/c1-4-24(5-2)27(25,26)17-12-10-16(11-13-17)15(3)22-20-14-21-18-8-6-7-9-19(18)23-20/h6-15H,4-5H2,1-3H3,(H,22,23). The van der Waals surface area contributed by atoms with Gasteiger partial charge in [0.25, 0.3) is 0 Å². The monoisotopic (exact) mass is 384 g/mol. The Labute approximate surface area is 160 Å². The van der Waals surface area contributed by atoms with E-state index < -0.39 is 10.0 Å². The smallest absolute Gasteiger partial charge is 0.243 e. The van der Waals surface area contributed by atoms with Crippen molar-refractivity contribution in [3.8, 4) is 0 Å². The minimum Gasteiger partial charge on any atom is -0.362 e. The minimum absolute atomic E-state index is 0.0364. The van der Waals surface area contributed by atoms with Gasteiger partial charge in [0.15, 0.2) is 0 Å². The average Bonchev–Trinajstić information content (AvgIpc) is 2.68. The number of benzene rings is 2. The van der Waals surface area contributed by atoms with E-state index in [1.54, 1.807) is 18.3 Å². The molecule has 1 N–H and O–H groups in total. The van der Waals surface area contributed by atoms with Gasteiger partial charge in [-0.2, -0.15) is 4.31 Å². The van der Waals surface area contributed by atoms with Crippen LogP contribution in [0, 0.1) is 0 Å². The first kappa shape index (κ1) is 19.3. The number of nitrogens with one attached hydrogen (secondary N) is 1. The molecule has 0 aliphatic rings. The van der Waals surface area contributed by atoms with E-state index in [1.165, 1.54) is 4.31 Å². The van der Waals surface area contributed by atoms with Gasteiger partial charge in [0.05, 0.1) is 22.1 Å². The number of para-hydroxylation sites is 2. The summed E-state index contributed by atoms with van der Waals surface area (Å²) in [6.07, 6.45) is 1.71. The molecule has 1 heterocycles. The summed E-state index contributed by atoms with van der Waals surface area (Å²) in [5.74, 6) is 0.682. The quantitative estimate of drug-likeness (QED) is 0.670. The van der Waals surface area contributed by atoms with Gasteiger partial charge < -0.3 is 5.32 Å². The molecule has 0 saturated heterocycles. The molecule has 7 heteroatoms. The molecule has 142 valence electrons. The summed E-state index contributed by atoms with van der Waals surface area (Å²) in [5.41, 5.74) is 2.65. The van der Waals surface area contributed by atoms with Crippen LogP contribution in [0.15, 0.2) is 59.6 Å². The fourth-order valence-corrected chi connectivity index (χ4v) is 4.43. The normalized spacial score (nSPS) is 13.0. The minimum atomic E-state index is -3.44. The van der Waals surface area contributed by atoms with Gasteiger partial charge in [-0.05, 0) is 36.8 Å². The predicted molar refractivity (Wildman–Crippen MR) is 108 cm³/mol. The molecular formula is C20H24N4O2S. The molecule has 1 unspecified atom stereocenters. The van der Waals surface area contributed by atoms with Crippen LogP contribution in [0.4, 0.5) is 5.82 Å². The largest absolute Gasteiger partial charge is 0.362 e. The molecule has 0 amide bonds. The Morgan fingerprint density at radius 1 is 1.00 bits per heavy atom. The van der Waals surface area contributed by atoms with Crippen LogP contribution in [-0.2, 0) is 10.0 Å². The Morgan fingerprint density at radius 2 is 1.63 bits per heavy atom. The van der Waals surface area contributed by atoms with Crippen LogP contribution in [0.5, 0.6) is 0 Å². The number of aromatic nitrogens is 2. The summed E-state index contributed by atoms with van der Waals surface area (Å²) in [7, 11) is -3.44. The molecule has 3 aromatic rings. The third kappa shape index (κ3) is 4.09. The number of anilines is 1. The summed E-state index contributed by atoms with van der Waals surface area (Å²) in [6, 6.07) is 14.7. The molecule has 1 aromatic heterocycles. The summed E-state index contributed by atoms with van der Waals surface area (Å²) in [4.78, 5) is 9.28. The molecule has 3 rings (SSSR count). The zero-order valence-corrected chi connectivity index (χ0v) is 16.6. The molecule has 0 aliphatic carbocycles. The fourth-order valence-electron chi connectivity index (χ4n) is 2.97. The maximum atomic E-state index is 12.6. The first-order valence-corrected chi connectivity index (χ1v) is 10.5. The van der Waals surface area contributed by atoms with Crippen LogP contribution in [0.3, 0.4) is 0 Å². The predicted octanol–water partition coefficient (Wildman–Crippen LogP) is 3.83. The van der Waals surface area contributed by atoms with Crippen molar-refractivity contribution in [2.24, 2.45) is 0 Å². The highest BCUT2D eigenvalue weighted by molar-refractivity contribution is 7.89. The number of fused-ring (bicyclic) bond motifs is 1. The summed E-state index contributed by atoms with van der Waals surface area (Å²) in [6.45, 7) is 6.60. The molecule has 0 saturated carbocycles. The molecule has 0 aliphatic heterocycles. The van der Waals surface area contributed by atoms with Gasteiger partial charge in [-0.1, -0.05) is 38.1 Å². The van der Waals surface area contributed by atoms with Crippen molar-refractivity contribution in [1.82, 2.24) is 14.3 Å². The summed E-state index contributed by atoms with van der Waals surface area (Å²) >= 11 is 0. The Morgan fingerprint density at radius 3 is 2.26 bits per heavy atom. The van der Waals surface area contributed by atoms with Gasteiger partial charge >= 0.3 is 0 Å². The highest BCUT2D eigenvalue weighted by Crippen LogP contribution is 2.22. The molecule has 0 bridgehead atoms. The molecule has 0 radical (unpaired) electrons. The van der Waals surface area contributed by atoms with Crippen LogP contribution in [0.25, 0.3) is 11.0 Å². The average molecular weight is 385 g/mol. The van der Waals surface area contributed by atoms with Crippen molar-refractivity contribution in [3.05, 3.63) is 60.3 Å². The maximum absolute atomic E-state index is 12.6. The maximum Gasteiger partial charge on any atom is 0.243 e. The van der Waals surface area contributed by atoms with E-state index in [2.05, 4.69) is 15.3 Å². The van der Waals surface area contributed by atoms with E-state index in [0.717, 1.165) is 16.6 Å². The van der Waals surface area contributed by atoms with Crippen LogP contribution in [-0.4, -0.2) is 35.8 Å².